The van der Waals surface area contributed by atoms with E-state index in [1.54, 1.807) is 0 Å². The summed E-state index contributed by atoms with van der Waals surface area (Å²) in [6.07, 6.45) is -3.11. The van der Waals surface area contributed by atoms with Crippen molar-refractivity contribution in [3.63, 3.8) is 0 Å². The van der Waals surface area contributed by atoms with Gasteiger partial charge in [-0.1, -0.05) is 25.1 Å². The maximum Gasteiger partial charge on any atom is 0.416 e. The number of carbonyl (C=O) groups excluding carboxylic acids is 1. The zero-order valence-electron chi connectivity index (χ0n) is 18.3. The molecule has 2 aromatic carbocycles. The van der Waals surface area contributed by atoms with Gasteiger partial charge in [-0.05, 0) is 55.2 Å². The van der Waals surface area contributed by atoms with Crippen molar-refractivity contribution in [2.75, 3.05) is 19.7 Å². The largest absolute Gasteiger partial charge is 0.494 e. The number of hydrogen-bond donors (Lipinski definition) is 1. The highest BCUT2D eigenvalue weighted by Gasteiger charge is 2.35. The van der Waals surface area contributed by atoms with E-state index in [9.17, 15) is 26.4 Å². The summed E-state index contributed by atoms with van der Waals surface area (Å²) in [7, 11) is -4.07. The van der Waals surface area contributed by atoms with Crippen LogP contribution in [0.2, 0.25) is 0 Å². The Balaban J connectivity index is 1.53. The number of hydrogen-bond acceptors (Lipinski definition) is 4. The average Bonchev–Trinajstić information content (AvgIpc) is 2.81. The van der Waals surface area contributed by atoms with E-state index in [1.165, 1.54) is 0 Å². The molecule has 33 heavy (non-hydrogen) atoms. The van der Waals surface area contributed by atoms with Crippen molar-refractivity contribution in [1.82, 2.24) is 9.62 Å². The molecule has 0 atom stereocenters. The van der Waals surface area contributed by atoms with E-state index >= 15 is 0 Å². The van der Waals surface area contributed by atoms with Gasteiger partial charge < -0.3 is 10.1 Å². The molecule has 0 saturated carbocycles. The van der Waals surface area contributed by atoms with Crippen LogP contribution in [0.1, 0.15) is 37.3 Å². The third kappa shape index (κ3) is 6.48. The first-order chi connectivity index (χ1) is 15.6. The lowest BCUT2D eigenvalue weighted by molar-refractivity contribution is -0.137. The van der Waals surface area contributed by atoms with Crippen LogP contribution in [0.5, 0.6) is 5.75 Å². The van der Waals surface area contributed by atoms with Crippen molar-refractivity contribution in [3.8, 4) is 5.75 Å². The molecule has 0 unspecified atom stereocenters. The molecule has 0 radical (unpaired) electrons. The normalized spacial score (nSPS) is 15.9. The summed E-state index contributed by atoms with van der Waals surface area (Å²) >= 11 is 0. The van der Waals surface area contributed by atoms with Crippen LogP contribution < -0.4 is 10.1 Å². The van der Waals surface area contributed by atoms with E-state index in [0.29, 0.717) is 32.1 Å². The zero-order chi connectivity index (χ0) is 24.1. The second-order valence-electron chi connectivity index (χ2n) is 7.91. The molecule has 1 heterocycles. The number of amides is 1. The topological polar surface area (TPSA) is 75.7 Å². The van der Waals surface area contributed by atoms with Gasteiger partial charge in [0.2, 0.25) is 15.9 Å². The summed E-state index contributed by atoms with van der Waals surface area (Å²) in [4.78, 5) is 12.1. The van der Waals surface area contributed by atoms with Crippen LogP contribution in [0.25, 0.3) is 0 Å². The van der Waals surface area contributed by atoms with Gasteiger partial charge in [-0.25, -0.2) is 8.42 Å². The standard InChI is InChI=1S/C23H27F3N2O4S/c1-2-14-32-20-8-6-17(7-9-20)16-27-22(29)18-10-12-28(13-11-18)33(30,31)21-5-3-4-19(15-21)23(24,25)26/h3-9,15,18H,2,10-14,16H2,1H3,(H,27,29). The summed E-state index contributed by atoms with van der Waals surface area (Å²) in [5.74, 6) is 0.240. The minimum absolute atomic E-state index is 0.0696. The minimum atomic E-state index is -4.63. The molecule has 1 fully saturated rings. The number of ether oxygens (including phenoxy) is 1. The molecule has 1 amide bonds. The van der Waals surface area contributed by atoms with Gasteiger partial charge >= 0.3 is 6.18 Å². The number of halogens is 3. The Labute approximate surface area is 191 Å². The maximum atomic E-state index is 12.9. The van der Waals surface area contributed by atoms with Crippen molar-refractivity contribution in [1.29, 1.82) is 0 Å². The van der Waals surface area contributed by atoms with Crippen LogP contribution in [0, 0.1) is 5.92 Å². The predicted octanol–water partition coefficient (Wildman–Crippen LogP) is 4.21. The summed E-state index contributed by atoms with van der Waals surface area (Å²) in [6, 6.07) is 11.1. The lowest BCUT2D eigenvalue weighted by Crippen LogP contribution is -2.42. The summed E-state index contributed by atoms with van der Waals surface area (Å²) in [5.41, 5.74) is -0.0976. The van der Waals surface area contributed by atoms with E-state index in [4.69, 9.17) is 4.74 Å². The smallest absolute Gasteiger partial charge is 0.416 e. The fourth-order valence-corrected chi connectivity index (χ4v) is 5.11. The molecule has 0 aliphatic carbocycles. The molecule has 10 heteroatoms. The number of rotatable bonds is 8. The van der Waals surface area contributed by atoms with E-state index in [1.807, 2.05) is 31.2 Å². The number of sulfonamides is 1. The Bertz CT molecular complexity index is 1050. The molecule has 0 aromatic heterocycles. The quantitative estimate of drug-likeness (QED) is 0.609. The van der Waals surface area contributed by atoms with E-state index in [0.717, 1.165) is 40.2 Å². The summed E-state index contributed by atoms with van der Waals surface area (Å²) in [6.45, 7) is 3.14. The Kier molecular flexibility index (Phi) is 8.01. The lowest BCUT2D eigenvalue weighted by atomic mass is 9.97. The summed E-state index contributed by atoms with van der Waals surface area (Å²) < 4.78 is 71.1. The van der Waals surface area contributed by atoms with E-state index < -0.39 is 26.7 Å². The molecule has 2 aromatic rings. The first-order valence-corrected chi connectivity index (χ1v) is 12.2. The zero-order valence-corrected chi connectivity index (χ0v) is 19.1. The van der Waals surface area contributed by atoms with Crippen molar-refractivity contribution >= 4 is 15.9 Å². The maximum absolute atomic E-state index is 12.9. The van der Waals surface area contributed by atoms with E-state index in [-0.39, 0.29) is 24.9 Å². The molecule has 3 rings (SSSR count). The molecule has 1 saturated heterocycles. The second kappa shape index (κ2) is 10.6. The Morgan fingerprint density at radius 2 is 1.79 bits per heavy atom. The first-order valence-electron chi connectivity index (χ1n) is 10.8. The van der Waals surface area contributed by atoms with Crippen LogP contribution in [0.15, 0.2) is 53.4 Å². The fraction of sp³-hybridized carbons (Fsp3) is 0.435. The molecule has 180 valence electrons. The Morgan fingerprint density at radius 3 is 2.39 bits per heavy atom. The number of nitrogens with zero attached hydrogens (tertiary/aromatic N) is 1. The molecule has 0 spiro atoms. The van der Waals surface area contributed by atoms with Crippen molar-refractivity contribution < 1.29 is 31.1 Å². The highest BCUT2D eigenvalue weighted by atomic mass is 32.2. The molecular weight excluding hydrogens is 457 g/mol. The molecule has 0 bridgehead atoms. The number of piperidine rings is 1. The number of benzene rings is 2. The monoisotopic (exact) mass is 484 g/mol. The van der Waals surface area contributed by atoms with Gasteiger partial charge in [-0.3, -0.25) is 4.79 Å². The number of nitrogens with one attached hydrogen (secondary N) is 1. The molecule has 1 N–H and O–H groups in total. The van der Waals surface area contributed by atoms with Gasteiger partial charge in [-0.15, -0.1) is 0 Å². The highest BCUT2D eigenvalue weighted by Crippen LogP contribution is 2.32. The van der Waals surface area contributed by atoms with Crippen LogP contribution >= 0.6 is 0 Å². The molecular formula is C23H27F3N2O4S. The number of carbonyl (C=O) groups is 1. The molecule has 1 aliphatic heterocycles. The first kappa shape index (κ1) is 25.0. The highest BCUT2D eigenvalue weighted by molar-refractivity contribution is 7.89. The van der Waals surface area contributed by atoms with Gasteiger partial charge in [0.25, 0.3) is 0 Å². The van der Waals surface area contributed by atoms with Gasteiger partial charge in [-0.2, -0.15) is 17.5 Å². The van der Waals surface area contributed by atoms with Crippen LogP contribution in [0.4, 0.5) is 13.2 Å². The van der Waals surface area contributed by atoms with Gasteiger partial charge in [0, 0.05) is 25.6 Å². The van der Waals surface area contributed by atoms with Crippen molar-refractivity contribution in [2.45, 2.75) is 43.8 Å². The summed E-state index contributed by atoms with van der Waals surface area (Å²) in [5, 5.41) is 2.87. The second-order valence-corrected chi connectivity index (χ2v) is 9.85. The average molecular weight is 485 g/mol. The van der Waals surface area contributed by atoms with E-state index in [2.05, 4.69) is 5.32 Å². The van der Waals surface area contributed by atoms with Crippen molar-refractivity contribution in [2.24, 2.45) is 5.92 Å². The Morgan fingerprint density at radius 1 is 1.12 bits per heavy atom. The molecule has 1 aliphatic rings. The van der Waals surface area contributed by atoms with Gasteiger partial charge in [0.1, 0.15) is 5.75 Å². The van der Waals surface area contributed by atoms with Crippen LogP contribution in [-0.2, 0) is 27.5 Å². The lowest BCUT2D eigenvalue weighted by Gasteiger charge is -2.30. The van der Waals surface area contributed by atoms with Crippen LogP contribution in [0.3, 0.4) is 0 Å². The van der Waals surface area contributed by atoms with Crippen molar-refractivity contribution in [3.05, 3.63) is 59.7 Å². The third-order valence-corrected chi connectivity index (χ3v) is 7.38. The van der Waals surface area contributed by atoms with Gasteiger partial charge in [0.05, 0.1) is 17.1 Å². The van der Waals surface area contributed by atoms with Gasteiger partial charge in [0.15, 0.2) is 0 Å². The Hall–Kier alpha value is -2.59. The SMILES string of the molecule is CCCOc1ccc(CNC(=O)C2CCN(S(=O)(=O)c3cccc(C(F)(F)F)c3)CC2)cc1. The predicted molar refractivity (Wildman–Crippen MR) is 117 cm³/mol. The minimum Gasteiger partial charge on any atom is -0.494 e. The van der Waals surface area contributed by atoms with Crippen LogP contribution in [-0.4, -0.2) is 38.3 Å². The molecule has 6 nitrogen and oxygen atoms in total. The number of alkyl halides is 3. The fourth-order valence-electron chi connectivity index (χ4n) is 3.60. The third-order valence-electron chi connectivity index (χ3n) is 5.49.